The summed E-state index contributed by atoms with van der Waals surface area (Å²) in [4.78, 5) is 2.33. The van der Waals surface area contributed by atoms with Crippen LogP contribution >= 0.6 is 0 Å². The molecular formula is C52H38N2. The third-order valence-corrected chi connectivity index (χ3v) is 10.9. The van der Waals surface area contributed by atoms with Gasteiger partial charge in [0.1, 0.15) is 0 Å². The van der Waals surface area contributed by atoms with Crippen molar-refractivity contribution in [3.05, 3.63) is 211 Å². The van der Waals surface area contributed by atoms with E-state index in [0.717, 1.165) is 29.9 Å². The Bertz CT molecular complexity index is 2770. The summed E-state index contributed by atoms with van der Waals surface area (Å²) >= 11 is 0. The van der Waals surface area contributed by atoms with Crippen LogP contribution in [0.4, 0.5) is 17.1 Å². The maximum absolute atomic E-state index is 2.51. The van der Waals surface area contributed by atoms with Gasteiger partial charge in [0.25, 0.3) is 0 Å². The van der Waals surface area contributed by atoms with Gasteiger partial charge in [-0.05, 0) is 100 Å². The quantitative estimate of drug-likeness (QED) is 0.162. The molecule has 1 aliphatic carbocycles. The summed E-state index contributed by atoms with van der Waals surface area (Å²) in [5, 5.41) is 3.90. The van der Waals surface area contributed by atoms with Crippen LogP contribution in [0.25, 0.3) is 66.8 Å². The van der Waals surface area contributed by atoms with Crippen LogP contribution in [0.5, 0.6) is 0 Å². The van der Waals surface area contributed by atoms with Crippen molar-refractivity contribution in [3.8, 4) is 39.1 Å². The predicted molar refractivity (Wildman–Crippen MR) is 229 cm³/mol. The van der Waals surface area contributed by atoms with Gasteiger partial charge in [-0.25, -0.2) is 0 Å². The summed E-state index contributed by atoms with van der Waals surface area (Å²) in [5.41, 5.74) is 15.9. The first-order valence-corrected chi connectivity index (χ1v) is 18.8. The normalized spacial score (nSPS) is 12.2. The standard InChI is InChI=1S/C52H38N2/c1-3-13-39(14-4-1)46-18-9-10-19-47(46)41-27-34-44(35-28-41)53(42-16-5-2-6-17-42)43-30-23-37(24-31-43)38-25-32-45(33-26-38)54-51-22-12-11-21-49(51)50-36-29-40-15-7-8-20-48(40)52(50)54/h1-11,13-21,23-36H,12,22H2. The van der Waals surface area contributed by atoms with Gasteiger partial charge in [0, 0.05) is 44.8 Å². The molecule has 2 nitrogen and oxygen atoms in total. The second-order valence-electron chi connectivity index (χ2n) is 14.0. The highest BCUT2D eigenvalue weighted by molar-refractivity contribution is 6.10. The molecule has 9 aromatic rings. The molecular weight excluding hydrogens is 653 g/mol. The van der Waals surface area contributed by atoms with Crippen LogP contribution < -0.4 is 4.90 Å². The first-order valence-electron chi connectivity index (χ1n) is 18.8. The van der Waals surface area contributed by atoms with Crippen LogP contribution in [0.15, 0.2) is 200 Å². The highest BCUT2D eigenvalue weighted by atomic mass is 15.1. The number of hydrogen-bond acceptors (Lipinski definition) is 1. The molecule has 1 heterocycles. The fourth-order valence-corrected chi connectivity index (χ4v) is 8.29. The van der Waals surface area contributed by atoms with E-state index in [1.54, 1.807) is 0 Å². The Hall–Kier alpha value is -6.90. The Kier molecular flexibility index (Phi) is 8.00. The van der Waals surface area contributed by atoms with Gasteiger partial charge in [0.15, 0.2) is 0 Å². The lowest BCUT2D eigenvalue weighted by atomic mass is 9.94. The molecule has 0 saturated heterocycles. The molecule has 0 N–H and O–H groups in total. The number of anilines is 3. The van der Waals surface area contributed by atoms with Gasteiger partial charge in [0.2, 0.25) is 0 Å². The van der Waals surface area contributed by atoms with Crippen LogP contribution in [0.3, 0.4) is 0 Å². The van der Waals surface area contributed by atoms with E-state index in [-0.39, 0.29) is 0 Å². The molecule has 0 spiro atoms. The molecule has 0 fully saturated rings. The van der Waals surface area contributed by atoms with E-state index >= 15 is 0 Å². The molecule has 54 heavy (non-hydrogen) atoms. The largest absolute Gasteiger partial charge is 0.312 e. The highest BCUT2D eigenvalue weighted by Crippen LogP contribution is 2.40. The van der Waals surface area contributed by atoms with Gasteiger partial charge in [-0.2, -0.15) is 0 Å². The molecule has 0 atom stereocenters. The molecule has 1 aromatic heterocycles. The molecule has 10 rings (SSSR count). The molecule has 0 aliphatic heterocycles. The molecule has 0 unspecified atom stereocenters. The van der Waals surface area contributed by atoms with E-state index in [9.17, 15) is 0 Å². The minimum absolute atomic E-state index is 1.04. The maximum Gasteiger partial charge on any atom is 0.0616 e. The van der Waals surface area contributed by atoms with Crippen LogP contribution in [0.2, 0.25) is 0 Å². The Morgan fingerprint density at radius 2 is 0.944 bits per heavy atom. The van der Waals surface area contributed by atoms with E-state index in [1.165, 1.54) is 72.0 Å². The minimum atomic E-state index is 1.04. The van der Waals surface area contributed by atoms with Gasteiger partial charge >= 0.3 is 0 Å². The first kappa shape index (κ1) is 31.8. The molecule has 0 saturated carbocycles. The van der Waals surface area contributed by atoms with Crippen molar-refractivity contribution in [3.63, 3.8) is 0 Å². The lowest BCUT2D eigenvalue weighted by Gasteiger charge is -2.26. The number of rotatable bonds is 7. The lowest BCUT2D eigenvalue weighted by Crippen LogP contribution is -2.09. The monoisotopic (exact) mass is 690 g/mol. The molecule has 8 aromatic carbocycles. The number of nitrogens with zero attached hydrogens (tertiary/aromatic N) is 2. The van der Waals surface area contributed by atoms with Crippen LogP contribution in [-0.2, 0) is 6.42 Å². The number of para-hydroxylation sites is 1. The number of allylic oxidation sites excluding steroid dienone is 1. The van der Waals surface area contributed by atoms with Crippen molar-refractivity contribution in [2.24, 2.45) is 0 Å². The molecule has 2 heteroatoms. The Morgan fingerprint density at radius 1 is 0.407 bits per heavy atom. The van der Waals surface area contributed by atoms with Crippen molar-refractivity contribution in [1.82, 2.24) is 4.57 Å². The summed E-state index contributed by atoms with van der Waals surface area (Å²) in [5.74, 6) is 0. The highest BCUT2D eigenvalue weighted by Gasteiger charge is 2.20. The fourth-order valence-electron chi connectivity index (χ4n) is 8.29. The van der Waals surface area contributed by atoms with Gasteiger partial charge in [-0.3, -0.25) is 0 Å². The van der Waals surface area contributed by atoms with E-state index in [2.05, 4.69) is 216 Å². The van der Waals surface area contributed by atoms with Crippen LogP contribution in [0.1, 0.15) is 17.7 Å². The van der Waals surface area contributed by atoms with Gasteiger partial charge in [-0.15, -0.1) is 0 Å². The van der Waals surface area contributed by atoms with E-state index in [4.69, 9.17) is 0 Å². The summed E-state index contributed by atoms with van der Waals surface area (Å²) in [7, 11) is 0. The third-order valence-electron chi connectivity index (χ3n) is 10.9. The Labute approximate surface area is 316 Å². The fraction of sp³-hybridized carbons (Fsp3) is 0.0385. The molecule has 0 radical (unpaired) electrons. The summed E-state index contributed by atoms with van der Waals surface area (Å²) in [6, 6.07) is 70.3. The summed E-state index contributed by atoms with van der Waals surface area (Å²) < 4.78 is 2.51. The Morgan fingerprint density at radius 3 is 1.63 bits per heavy atom. The lowest BCUT2D eigenvalue weighted by molar-refractivity contribution is 0.890. The first-order chi connectivity index (χ1) is 26.8. The van der Waals surface area contributed by atoms with Crippen molar-refractivity contribution in [2.45, 2.75) is 12.8 Å². The van der Waals surface area contributed by atoms with Gasteiger partial charge in [-0.1, -0.05) is 158 Å². The van der Waals surface area contributed by atoms with Crippen molar-refractivity contribution < 1.29 is 0 Å². The maximum atomic E-state index is 2.51. The topological polar surface area (TPSA) is 8.17 Å². The van der Waals surface area contributed by atoms with Gasteiger partial charge < -0.3 is 9.47 Å². The molecule has 1 aliphatic rings. The number of benzene rings is 8. The average molecular weight is 691 g/mol. The molecule has 0 bridgehead atoms. The second kappa shape index (κ2) is 13.6. The van der Waals surface area contributed by atoms with Crippen molar-refractivity contribution in [2.75, 3.05) is 4.90 Å². The smallest absolute Gasteiger partial charge is 0.0616 e. The zero-order chi connectivity index (χ0) is 35.8. The number of aromatic nitrogens is 1. The average Bonchev–Trinajstić information content (AvgIpc) is 3.60. The van der Waals surface area contributed by atoms with Gasteiger partial charge in [0.05, 0.1) is 5.52 Å². The van der Waals surface area contributed by atoms with Crippen molar-refractivity contribution in [1.29, 1.82) is 0 Å². The molecule has 256 valence electrons. The Balaban J connectivity index is 0.980. The number of fused-ring (bicyclic) bond motifs is 5. The zero-order valence-corrected chi connectivity index (χ0v) is 29.9. The summed E-state index contributed by atoms with van der Waals surface area (Å²) in [6.07, 6.45) is 6.74. The third kappa shape index (κ3) is 5.60. The van der Waals surface area contributed by atoms with Crippen LogP contribution in [-0.4, -0.2) is 4.57 Å². The SMILES string of the molecule is C1=Cc2c(n(-c3ccc(-c4ccc(N(c5ccccc5)c5ccc(-c6ccccc6-c6ccccc6)cc5)cc4)cc3)c3c2ccc2ccccc23)CC1. The summed E-state index contributed by atoms with van der Waals surface area (Å²) in [6.45, 7) is 0. The molecule has 0 amide bonds. The van der Waals surface area contributed by atoms with Crippen LogP contribution in [0, 0.1) is 0 Å². The van der Waals surface area contributed by atoms with E-state index in [1.807, 2.05) is 0 Å². The zero-order valence-electron chi connectivity index (χ0n) is 29.9. The predicted octanol–water partition coefficient (Wildman–Crippen LogP) is 14.2. The number of hydrogen-bond donors (Lipinski definition) is 0. The van der Waals surface area contributed by atoms with E-state index < -0.39 is 0 Å². The second-order valence-corrected chi connectivity index (χ2v) is 14.0. The minimum Gasteiger partial charge on any atom is -0.312 e. The van der Waals surface area contributed by atoms with E-state index in [0.29, 0.717) is 0 Å². The van der Waals surface area contributed by atoms with Crippen molar-refractivity contribution >= 4 is 44.8 Å².